The molecule has 0 radical (unpaired) electrons. The molecule has 0 atom stereocenters. The predicted octanol–water partition coefficient (Wildman–Crippen LogP) is 1.41. The van der Waals surface area contributed by atoms with Crippen LogP contribution in [0.15, 0.2) is 6.33 Å². The first-order chi connectivity index (χ1) is 9.85. The van der Waals surface area contributed by atoms with Crippen LogP contribution in [0.3, 0.4) is 0 Å². The minimum atomic E-state index is 0.678. The summed E-state index contributed by atoms with van der Waals surface area (Å²) in [6.45, 7) is 5.63. The van der Waals surface area contributed by atoms with Crippen LogP contribution in [0.5, 0.6) is 0 Å². The molecule has 0 bridgehead atoms. The lowest BCUT2D eigenvalue weighted by Crippen LogP contribution is -2.46. The Labute approximate surface area is 120 Å². The van der Waals surface area contributed by atoms with Gasteiger partial charge in [0.25, 0.3) is 0 Å². The first kappa shape index (κ1) is 12.8. The average molecular weight is 275 g/mol. The van der Waals surface area contributed by atoms with Crippen molar-refractivity contribution in [1.29, 1.82) is 0 Å². The van der Waals surface area contributed by atoms with Crippen LogP contribution in [0.25, 0.3) is 0 Å². The highest BCUT2D eigenvalue weighted by Crippen LogP contribution is 2.44. The van der Waals surface area contributed by atoms with Gasteiger partial charge in [0.2, 0.25) is 0 Å². The minimum Gasteiger partial charge on any atom is -0.317 e. The summed E-state index contributed by atoms with van der Waals surface area (Å²) < 4.78 is 2.06. The largest absolute Gasteiger partial charge is 0.317 e. The summed E-state index contributed by atoms with van der Waals surface area (Å²) >= 11 is 0. The van der Waals surface area contributed by atoms with Crippen molar-refractivity contribution in [2.45, 2.75) is 57.7 Å². The minimum absolute atomic E-state index is 0.678. The van der Waals surface area contributed by atoms with Gasteiger partial charge >= 0.3 is 0 Å². The third-order valence-corrected chi connectivity index (χ3v) is 5.84. The van der Waals surface area contributed by atoms with E-state index >= 15 is 0 Å². The first-order valence-electron chi connectivity index (χ1n) is 8.16. The van der Waals surface area contributed by atoms with Gasteiger partial charge in [-0.15, -0.1) is 0 Å². The Morgan fingerprint density at radius 1 is 1.10 bits per heavy atom. The number of nitrogens with one attached hydrogen (secondary N) is 1. The lowest BCUT2D eigenvalue weighted by atomic mass is 9.67. The zero-order valence-corrected chi connectivity index (χ0v) is 12.2. The highest BCUT2D eigenvalue weighted by Gasteiger charge is 2.38. The van der Waals surface area contributed by atoms with Crippen LogP contribution in [-0.4, -0.2) is 45.3 Å². The molecule has 1 N–H and O–H groups in total. The van der Waals surface area contributed by atoms with Crippen molar-refractivity contribution in [1.82, 2.24) is 25.0 Å². The maximum absolute atomic E-state index is 4.39. The summed E-state index contributed by atoms with van der Waals surface area (Å²) in [6, 6.07) is 0.779. The first-order valence-corrected chi connectivity index (χ1v) is 8.16. The molecule has 4 rings (SSSR count). The highest BCUT2D eigenvalue weighted by atomic mass is 15.4. The molecule has 1 spiro atoms. The van der Waals surface area contributed by atoms with E-state index in [4.69, 9.17) is 0 Å². The van der Waals surface area contributed by atoms with Gasteiger partial charge in [-0.05, 0) is 57.0 Å². The van der Waals surface area contributed by atoms with E-state index in [-0.39, 0.29) is 0 Å². The molecule has 0 unspecified atom stereocenters. The number of piperidine rings is 1. The van der Waals surface area contributed by atoms with Crippen molar-refractivity contribution in [3.8, 4) is 0 Å². The SMILES string of the molecule is c1nc2n(n1)CCN(C1CCC3(CCNCC3)CC1)C2. The molecule has 5 nitrogen and oxygen atoms in total. The maximum Gasteiger partial charge on any atom is 0.141 e. The molecule has 0 amide bonds. The molecular weight excluding hydrogens is 250 g/mol. The monoisotopic (exact) mass is 275 g/mol. The lowest BCUT2D eigenvalue weighted by Gasteiger charge is -2.46. The van der Waals surface area contributed by atoms with Crippen LogP contribution < -0.4 is 5.32 Å². The van der Waals surface area contributed by atoms with Gasteiger partial charge in [0, 0.05) is 12.6 Å². The molecule has 1 aromatic heterocycles. The zero-order valence-electron chi connectivity index (χ0n) is 12.2. The second-order valence-electron chi connectivity index (χ2n) is 6.85. The topological polar surface area (TPSA) is 46.0 Å². The maximum atomic E-state index is 4.39. The molecule has 2 fully saturated rings. The summed E-state index contributed by atoms with van der Waals surface area (Å²) in [6.07, 6.45) is 10.1. The molecule has 5 heteroatoms. The summed E-state index contributed by atoms with van der Waals surface area (Å²) in [7, 11) is 0. The third-order valence-electron chi connectivity index (χ3n) is 5.84. The molecule has 20 heavy (non-hydrogen) atoms. The number of hydrogen-bond donors (Lipinski definition) is 1. The van der Waals surface area contributed by atoms with Crippen molar-refractivity contribution in [2.24, 2.45) is 5.41 Å². The van der Waals surface area contributed by atoms with E-state index in [0.717, 1.165) is 31.5 Å². The van der Waals surface area contributed by atoms with Crippen molar-refractivity contribution >= 4 is 0 Å². The summed E-state index contributed by atoms with van der Waals surface area (Å²) in [4.78, 5) is 7.04. The van der Waals surface area contributed by atoms with Crippen LogP contribution in [0, 0.1) is 5.41 Å². The Balaban J connectivity index is 1.38. The van der Waals surface area contributed by atoms with E-state index in [1.54, 1.807) is 6.33 Å². The van der Waals surface area contributed by atoms with E-state index < -0.39 is 0 Å². The number of aromatic nitrogens is 3. The molecule has 2 aliphatic heterocycles. The Morgan fingerprint density at radius 2 is 1.90 bits per heavy atom. The molecule has 3 heterocycles. The summed E-state index contributed by atoms with van der Waals surface area (Å²) in [5.41, 5.74) is 0.678. The molecule has 0 aromatic carbocycles. The van der Waals surface area contributed by atoms with Gasteiger partial charge in [0.15, 0.2) is 0 Å². The van der Waals surface area contributed by atoms with Gasteiger partial charge in [0.1, 0.15) is 12.2 Å². The quantitative estimate of drug-likeness (QED) is 0.842. The smallest absolute Gasteiger partial charge is 0.141 e. The van der Waals surface area contributed by atoms with Crippen LogP contribution in [0.1, 0.15) is 44.3 Å². The van der Waals surface area contributed by atoms with Crippen molar-refractivity contribution < 1.29 is 0 Å². The van der Waals surface area contributed by atoms with Crippen molar-refractivity contribution in [3.05, 3.63) is 12.2 Å². The number of fused-ring (bicyclic) bond motifs is 1. The average Bonchev–Trinajstić information content (AvgIpc) is 2.96. The normalized spacial score (nSPS) is 27.6. The van der Waals surface area contributed by atoms with Gasteiger partial charge in [-0.25, -0.2) is 9.67 Å². The van der Waals surface area contributed by atoms with Gasteiger partial charge in [-0.1, -0.05) is 0 Å². The number of nitrogens with zero attached hydrogens (tertiary/aromatic N) is 4. The zero-order chi connectivity index (χ0) is 13.4. The fraction of sp³-hybridized carbons (Fsp3) is 0.867. The van der Waals surface area contributed by atoms with Crippen LogP contribution in [0.4, 0.5) is 0 Å². The van der Waals surface area contributed by atoms with Gasteiger partial charge in [0.05, 0.1) is 13.1 Å². The Bertz CT molecular complexity index is 453. The highest BCUT2D eigenvalue weighted by molar-refractivity contribution is 4.95. The number of rotatable bonds is 1. The second kappa shape index (κ2) is 5.11. The molecule has 1 aromatic rings. The molecule has 1 saturated heterocycles. The predicted molar refractivity (Wildman–Crippen MR) is 77.2 cm³/mol. The fourth-order valence-electron chi connectivity index (χ4n) is 4.43. The van der Waals surface area contributed by atoms with Crippen LogP contribution >= 0.6 is 0 Å². The van der Waals surface area contributed by atoms with E-state index in [0.29, 0.717) is 5.41 Å². The molecule has 1 aliphatic carbocycles. The molecule has 3 aliphatic rings. The van der Waals surface area contributed by atoms with Gasteiger partial charge < -0.3 is 5.32 Å². The van der Waals surface area contributed by atoms with Crippen LogP contribution in [-0.2, 0) is 13.1 Å². The Kier molecular flexibility index (Phi) is 3.27. The summed E-state index contributed by atoms with van der Waals surface area (Å²) in [5.74, 6) is 1.15. The molecular formula is C15H25N5. The van der Waals surface area contributed by atoms with E-state index in [2.05, 4.69) is 25.0 Å². The Morgan fingerprint density at radius 3 is 2.70 bits per heavy atom. The van der Waals surface area contributed by atoms with Crippen molar-refractivity contribution in [3.63, 3.8) is 0 Å². The Hall–Kier alpha value is -0.940. The lowest BCUT2D eigenvalue weighted by molar-refractivity contribution is 0.0504. The van der Waals surface area contributed by atoms with Crippen molar-refractivity contribution in [2.75, 3.05) is 19.6 Å². The fourth-order valence-corrected chi connectivity index (χ4v) is 4.43. The number of hydrogen-bond acceptors (Lipinski definition) is 4. The molecule has 110 valence electrons. The van der Waals surface area contributed by atoms with E-state index in [9.17, 15) is 0 Å². The third kappa shape index (κ3) is 2.27. The second-order valence-corrected chi connectivity index (χ2v) is 6.85. The van der Waals surface area contributed by atoms with E-state index in [1.807, 2.05) is 0 Å². The van der Waals surface area contributed by atoms with Gasteiger partial charge in [-0.2, -0.15) is 5.10 Å². The van der Waals surface area contributed by atoms with E-state index in [1.165, 1.54) is 51.6 Å². The van der Waals surface area contributed by atoms with Gasteiger partial charge in [-0.3, -0.25) is 4.90 Å². The standard InChI is InChI=1S/C15H25N5/c1-3-15(5-7-16-8-6-15)4-2-13(1)19-9-10-20-14(11-19)17-12-18-20/h12-13,16H,1-11H2. The van der Waals surface area contributed by atoms with Crippen LogP contribution in [0.2, 0.25) is 0 Å². The summed E-state index contributed by atoms with van der Waals surface area (Å²) in [5, 5.41) is 7.79. The molecule has 1 saturated carbocycles.